The summed E-state index contributed by atoms with van der Waals surface area (Å²) in [6, 6.07) is 1.65. The molecule has 1 saturated heterocycles. The van der Waals surface area contributed by atoms with Gasteiger partial charge in [0.25, 0.3) is 0 Å². The molecule has 1 unspecified atom stereocenters. The first kappa shape index (κ1) is 14.1. The number of likely N-dealkylation sites (tertiary alicyclic amines) is 1. The highest BCUT2D eigenvalue weighted by Crippen LogP contribution is 2.19. The van der Waals surface area contributed by atoms with Crippen LogP contribution in [-0.4, -0.2) is 38.3 Å². The molecule has 1 fully saturated rings. The summed E-state index contributed by atoms with van der Waals surface area (Å²) < 4.78 is 1.93. The van der Waals surface area contributed by atoms with Gasteiger partial charge in [-0.05, 0) is 31.9 Å². The molecule has 0 bridgehead atoms. The molecule has 0 amide bonds. The Morgan fingerprint density at radius 2 is 2.32 bits per heavy atom. The molecule has 0 radical (unpaired) electrons. The van der Waals surface area contributed by atoms with Gasteiger partial charge in [-0.2, -0.15) is 5.10 Å². The minimum atomic E-state index is -0.699. The van der Waals surface area contributed by atoms with E-state index in [2.05, 4.69) is 16.9 Å². The van der Waals surface area contributed by atoms with Gasteiger partial charge in [-0.3, -0.25) is 14.4 Å². The summed E-state index contributed by atoms with van der Waals surface area (Å²) in [6.45, 7) is 4.55. The van der Waals surface area contributed by atoms with E-state index in [4.69, 9.17) is 0 Å². The van der Waals surface area contributed by atoms with Gasteiger partial charge in [-0.25, -0.2) is 0 Å². The first-order valence-corrected chi connectivity index (χ1v) is 7.20. The zero-order chi connectivity index (χ0) is 13.7. The van der Waals surface area contributed by atoms with E-state index >= 15 is 0 Å². The van der Waals surface area contributed by atoms with Crippen molar-refractivity contribution in [2.45, 2.75) is 58.2 Å². The van der Waals surface area contributed by atoms with Crippen molar-refractivity contribution in [2.75, 3.05) is 6.54 Å². The standard InChI is InChI=1S/C14H23N3O2/c1-2-8-17-10-7-12(15-17)11-16-9-5-3-4-6-13(16)14(18)19/h7,10,13H,2-6,8-9,11H2,1H3,(H,18,19). The lowest BCUT2D eigenvalue weighted by Crippen LogP contribution is -2.40. The van der Waals surface area contributed by atoms with Crippen molar-refractivity contribution in [2.24, 2.45) is 0 Å². The van der Waals surface area contributed by atoms with Crippen LogP contribution in [0.5, 0.6) is 0 Å². The van der Waals surface area contributed by atoms with Gasteiger partial charge in [0.05, 0.1) is 5.69 Å². The Labute approximate surface area is 114 Å². The highest BCUT2D eigenvalue weighted by Gasteiger charge is 2.27. The number of aliphatic carboxylic acids is 1. The van der Waals surface area contributed by atoms with Gasteiger partial charge in [0.2, 0.25) is 0 Å². The Morgan fingerprint density at radius 3 is 3.05 bits per heavy atom. The lowest BCUT2D eigenvalue weighted by molar-refractivity contribution is -0.143. The maximum Gasteiger partial charge on any atom is 0.320 e. The topological polar surface area (TPSA) is 58.4 Å². The molecule has 0 spiro atoms. The maximum absolute atomic E-state index is 11.3. The summed E-state index contributed by atoms with van der Waals surface area (Å²) in [5.74, 6) is -0.699. The molecule has 2 heterocycles. The average Bonchev–Trinajstić information content (AvgIpc) is 2.67. The fourth-order valence-electron chi connectivity index (χ4n) is 2.69. The predicted molar refractivity (Wildman–Crippen MR) is 72.8 cm³/mol. The minimum Gasteiger partial charge on any atom is -0.480 e. The summed E-state index contributed by atoms with van der Waals surface area (Å²) >= 11 is 0. The van der Waals surface area contributed by atoms with Crippen LogP contribution in [-0.2, 0) is 17.9 Å². The lowest BCUT2D eigenvalue weighted by atomic mass is 10.1. The third-order valence-electron chi connectivity index (χ3n) is 3.66. The summed E-state index contributed by atoms with van der Waals surface area (Å²) in [5, 5.41) is 13.8. The number of hydrogen-bond donors (Lipinski definition) is 1. The number of aryl methyl sites for hydroxylation is 1. The van der Waals surface area contributed by atoms with Gasteiger partial charge < -0.3 is 5.11 Å². The molecule has 1 aromatic heterocycles. The van der Waals surface area contributed by atoms with Crippen LogP contribution >= 0.6 is 0 Å². The van der Waals surface area contributed by atoms with E-state index in [9.17, 15) is 9.90 Å². The molecule has 1 atom stereocenters. The maximum atomic E-state index is 11.3. The molecule has 2 rings (SSSR count). The van der Waals surface area contributed by atoms with Crippen molar-refractivity contribution >= 4 is 5.97 Å². The number of rotatable bonds is 5. The van der Waals surface area contributed by atoms with E-state index in [0.717, 1.165) is 50.9 Å². The third kappa shape index (κ3) is 3.80. The van der Waals surface area contributed by atoms with E-state index in [-0.39, 0.29) is 6.04 Å². The number of aromatic nitrogens is 2. The van der Waals surface area contributed by atoms with Gasteiger partial charge in [-0.1, -0.05) is 19.8 Å². The molecule has 1 aromatic rings. The van der Waals surface area contributed by atoms with Crippen molar-refractivity contribution < 1.29 is 9.90 Å². The monoisotopic (exact) mass is 265 g/mol. The Bertz CT molecular complexity index is 417. The normalized spacial score (nSPS) is 21.2. The van der Waals surface area contributed by atoms with Crippen molar-refractivity contribution in [3.8, 4) is 0 Å². The quantitative estimate of drug-likeness (QED) is 0.886. The number of carbonyl (C=O) groups is 1. The minimum absolute atomic E-state index is 0.348. The van der Waals surface area contributed by atoms with Gasteiger partial charge in [0.1, 0.15) is 6.04 Å². The van der Waals surface area contributed by atoms with Crippen molar-refractivity contribution in [3.63, 3.8) is 0 Å². The molecule has 106 valence electrons. The summed E-state index contributed by atoms with van der Waals surface area (Å²) in [5.41, 5.74) is 0.974. The number of carboxylic acids is 1. The highest BCUT2D eigenvalue weighted by atomic mass is 16.4. The van der Waals surface area contributed by atoms with Crippen molar-refractivity contribution in [1.82, 2.24) is 14.7 Å². The molecule has 5 heteroatoms. The van der Waals surface area contributed by atoms with Crippen LogP contribution in [0.4, 0.5) is 0 Å². The second-order valence-electron chi connectivity index (χ2n) is 5.24. The molecular formula is C14H23N3O2. The van der Waals surface area contributed by atoms with Crippen molar-refractivity contribution in [1.29, 1.82) is 0 Å². The molecule has 0 aliphatic carbocycles. The fourth-order valence-corrected chi connectivity index (χ4v) is 2.69. The smallest absolute Gasteiger partial charge is 0.320 e. The first-order chi connectivity index (χ1) is 9.20. The summed E-state index contributed by atoms with van der Waals surface area (Å²) in [6.07, 6.45) is 7.02. The van der Waals surface area contributed by atoms with E-state index in [1.165, 1.54) is 0 Å². The Hall–Kier alpha value is -1.36. The largest absolute Gasteiger partial charge is 0.480 e. The molecular weight excluding hydrogens is 242 g/mol. The Kier molecular flexibility index (Phi) is 4.96. The van der Waals surface area contributed by atoms with Crippen LogP contribution in [0.2, 0.25) is 0 Å². The molecule has 19 heavy (non-hydrogen) atoms. The summed E-state index contributed by atoms with van der Waals surface area (Å²) in [4.78, 5) is 13.4. The SMILES string of the molecule is CCCn1ccc(CN2CCCCCC2C(=O)O)n1. The van der Waals surface area contributed by atoms with Gasteiger partial charge in [-0.15, -0.1) is 0 Å². The Morgan fingerprint density at radius 1 is 1.47 bits per heavy atom. The van der Waals surface area contributed by atoms with Gasteiger partial charge >= 0.3 is 5.97 Å². The van der Waals surface area contributed by atoms with Gasteiger partial charge in [0, 0.05) is 19.3 Å². The summed E-state index contributed by atoms with van der Waals surface area (Å²) in [7, 11) is 0. The van der Waals surface area contributed by atoms with Crippen molar-refractivity contribution in [3.05, 3.63) is 18.0 Å². The van der Waals surface area contributed by atoms with E-state index in [1.807, 2.05) is 16.9 Å². The molecule has 0 aromatic carbocycles. The molecule has 0 saturated carbocycles. The molecule has 1 N–H and O–H groups in total. The lowest BCUT2D eigenvalue weighted by Gasteiger charge is -2.25. The zero-order valence-electron chi connectivity index (χ0n) is 11.6. The van der Waals surface area contributed by atoms with Gasteiger partial charge in [0.15, 0.2) is 0 Å². The second-order valence-corrected chi connectivity index (χ2v) is 5.24. The first-order valence-electron chi connectivity index (χ1n) is 7.20. The van der Waals surface area contributed by atoms with Crippen LogP contribution in [0, 0.1) is 0 Å². The van der Waals surface area contributed by atoms with Crippen LogP contribution in [0.15, 0.2) is 12.3 Å². The highest BCUT2D eigenvalue weighted by molar-refractivity contribution is 5.73. The number of nitrogens with zero attached hydrogens (tertiary/aromatic N) is 3. The van der Waals surface area contributed by atoms with Crippen LogP contribution in [0.3, 0.4) is 0 Å². The second kappa shape index (κ2) is 6.70. The average molecular weight is 265 g/mol. The molecule has 1 aliphatic heterocycles. The van der Waals surface area contributed by atoms with E-state index < -0.39 is 5.97 Å². The van der Waals surface area contributed by atoms with E-state index in [1.54, 1.807) is 0 Å². The van der Waals surface area contributed by atoms with Crippen LogP contribution in [0.1, 0.15) is 44.7 Å². The van der Waals surface area contributed by atoms with Crippen LogP contribution < -0.4 is 0 Å². The van der Waals surface area contributed by atoms with E-state index in [0.29, 0.717) is 6.54 Å². The van der Waals surface area contributed by atoms with Crippen LogP contribution in [0.25, 0.3) is 0 Å². The third-order valence-corrected chi connectivity index (χ3v) is 3.66. The molecule has 1 aliphatic rings. The predicted octanol–water partition coefficient (Wildman–Crippen LogP) is 2.12. The molecule has 5 nitrogen and oxygen atoms in total. The number of hydrogen-bond acceptors (Lipinski definition) is 3. The number of carboxylic acid groups (broad SMARTS) is 1. The Balaban J connectivity index is 2.02. The fraction of sp³-hybridized carbons (Fsp3) is 0.714. The zero-order valence-corrected chi connectivity index (χ0v) is 11.6.